The normalized spacial score (nSPS) is 12.7. The largest absolute Gasteiger partial charge is 0.309 e. The molecule has 1 aromatic carbocycles. The van der Waals surface area contributed by atoms with Crippen molar-refractivity contribution in [3.05, 3.63) is 64.2 Å². The first-order valence-corrected chi connectivity index (χ1v) is 9.24. The smallest absolute Gasteiger partial charge is 0.199 e. The average molecular weight is 391 g/mol. The highest BCUT2D eigenvalue weighted by Gasteiger charge is 2.27. The zero-order valence-electron chi connectivity index (χ0n) is 16.0. The van der Waals surface area contributed by atoms with Gasteiger partial charge < -0.3 is 5.32 Å². The Bertz CT molecular complexity index is 838. The van der Waals surface area contributed by atoms with E-state index in [0.717, 1.165) is 0 Å². The summed E-state index contributed by atoms with van der Waals surface area (Å²) in [5.41, 5.74) is -0.0964. The topological polar surface area (TPSA) is 59.1 Å². The van der Waals surface area contributed by atoms with Crippen LogP contribution < -0.4 is 5.32 Å². The van der Waals surface area contributed by atoms with Crippen molar-refractivity contribution in [1.29, 1.82) is 0 Å². The molecule has 0 aliphatic rings. The van der Waals surface area contributed by atoms with Crippen LogP contribution in [0.25, 0.3) is 0 Å². The lowest BCUT2D eigenvalue weighted by molar-refractivity contribution is -0.124. The molecule has 0 aliphatic heterocycles. The maximum atomic E-state index is 15.3. The Hall–Kier alpha value is -2.11. The lowest BCUT2D eigenvalue weighted by Crippen LogP contribution is -2.37. The molecule has 27 heavy (non-hydrogen) atoms. The molecule has 1 N–H and O–H groups in total. The number of Topliss-reactive ketones (excluding diaryl/α,β-unsaturated/α-hetero) is 1. The summed E-state index contributed by atoms with van der Waals surface area (Å²) in [5.74, 6) is -1.10. The monoisotopic (exact) mass is 390 g/mol. The molecule has 144 valence electrons. The third kappa shape index (κ3) is 4.79. The minimum atomic E-state index is -0.642. The third-order valence-electron chi connectivity index (χ3n) is 4.80. The Morgan fingerprint density at radius 2 is 2.00 bits per heavy atom. The van der Waals surface area contributed by atoms with Crippen molar-refractivity contribution in [2.45, 2.75) is 40.2 Å². The zero-order valence-corrected chi connectivity index (χ0v) is 16.7. The number of nitrogens with zero attached hydrogens (tertiary/aromatic N) is 1. The molecule has 2 aromatic rings. The van der Waals surface area contributed by atoms with E-state index in [-0.39, 0.29) is 28.0 Å². The Kier molecular flexibility index (Phi) is 6.84. The highest BCUT2D eigenvalue weighted by atomic mass is 35.5. The van der Waals surface area contributed by atoms with Gasteiger partial charge in [0.2, 0.25) is 0 Å². The number of rotatable bonds is 8. The standard InChI is InChI=1S/C21H24ClFN2O2/c1-5-17(25-12-21(3,4)13(2)26)15-8-9-16(22)18(19(15)23)20(27)14-7-6-10-24-11-14/h6-11,17,25H,5,12H2,1-4H3/t17-/m1/s1. The van der Waals surface area contributed by atoms with Gasteiger partial charge in [-0.25, -0.2) is 4.39 Å². The molecule has 0 bridgehead atoms. The maximum absolute atomic E-state index is 15.3. The van der Waals surface area contributed by atoms with Crippen molar-refractivity contribution < 1.29 is 14.0 Å². The van der Waals surface area contributed by atoms with Gasteiger partial charge in [-0.2, -0.15) is 0 Å². The van der Waals surface area contributed by atoms with Crippen LogP contribution in [-0.4, -0.2) is 23.1 Å². The molecule has 4 nitrogen and oxygen atoms in total. The molecular weight excluding hydrogens is 367 g/mol. The van der Waals surface area contributed by atoms with Crippen LogP contribution in [0, 0.1) is 11.2 Å². The Balaban J connectivity index is 2.37. The van der Waals surface area contributed by atoms with Crippen LogP contribution in [-0.2, 0) is 4.79 Å². The molecule has 1 atom stereocenters. The fraction of sp³-hybridized carbons (Fsp3) is 0.381. The Labute approximate surface area is 164 Å². The van der Waals surface area contributed by atoms with Gasteiger partial charge in [0.05, 0.1) is 10.6 Å². The molecule has 2 rings (SSSR count). The molecular formula is C21H24ClFN2O2. The van der Waals surface area contributed by atoms with E-state index in [0.29, 0.717) is 18.5 Å². The Morgan fingerprint density at radius 1 is 1.30 bits per heavy atom. The second-order valence-electron chi connectivity index (χ2n) is 7.18. The first-order valence-electron chi connectivity index (χ1n) is 8.86. The third-order valence-corrected chi connectivity index (χ3v) is 5.11. The summed E-state index contributed by atoms with van der Waals surface area (Å²) in [6, 6.07) is 5.96. The highest BCUT2D eigenvalue weighted by molar-refractivity contribution is 6.35. The summed E-state index contributed by atoms with van der Waals surface area (Å²) in [6.07, 6.45) is 3.52. The summed E-state index contributed by atoms with van der Waals surface area (Å²) < 4.78 is 15.3. The number of pyridine rings is 1. The fourth-order valence-electron chi connectivity index (χ4n) is 2.66. The van der Waals surface area contributed by atoms with Gasteiger partial charge in [0, 0.05) is 41.5 Å². The summed E-state index contributed by atoms with van der Waals surface area (Å²) in [7, 11) is 0. The molecule has 0 fully saturated rings. The number of carbonyl (C=O) groups excluding carboxylic acids is 2. The van der Waals surface area contributed by atoms with E-state index in [1.165, 1.54) is 19.2 Å². The van der Waals surface area contributed by atoms with E-state index in [9.17, 15) is 9.59 Å². The molecule has 0 unspecified atom stereocenters. The number of aromatic nitrogens is 1. The van der Waals surface area contributed by atoms with Crippen LogP contribution in [0.1, 0.15) is 61.6 Å². The number of hydrogen-bond acceptors (Lipinski definition) is 4. The molecule has 0 radical (unpaired) electrons. The van der Waals surface area contributed by atoms with E-state index >= 15 is 4.39 Å². The lowest BCUT2D eigenvalue weighted by Gasteiger charge is -2.26. The van der Waals surface area contributed by atoms with Crippen molar-refractivity contribution in [1.82, 2.24) is 10.3 Å². The van der Waals surface area contributed by atoms with Gasteiger partial charge in [0.1, 0.15) is 11.6 Å². The van der Waals surface area contributed by atoms with Gasteiger partial charge >= 0.3 is 0 Å². The van der Waals surface area contributed by atoms with E-state index in [4.69, 9.17) is 11.6 Å². The van der Waals surface area contributed by atoms with Crippen molar-refractivity contribution in [3.63, 3.8) is 0 Å². The SMILES string of the molecule is CC[C@@H](NCC(C)(C)C(C)=O)c1ccc(Cl)c(C(=O)c2cccnc2)c1F. The predicted molar refractivity (Wildman–Crippen MR) is 105 cm³/mol. The molecule has 1 aromatic heterocycles. The minimum absolute atomic E-state index is 0.0499. The van der Waals surface area contributed by atoms with Crippen LogP contribution in [0.2, 0.25) is 5.02 Å². The van der Waals surface area contributed by atoms with E-state index in [1.54, 1.807) is 24.4 Å². The average Bonchev–Trinajstić information content (AvgIpc) is 2.64. The van der Waals surface area contributed by atoms with Gasteiger partial charge in [-0.3, -0.25) is 14.6 Å². The van der Waals surface area contributed by atoms with Gasteiger partial charge in [-0.05, 0) is 31.5 Å². The lowest BCUT2D eigenvalue weighted by atomic mass is 9.88. The van der Waals surface area contributed by atoms with Crippen LogP contribution in [0.5, 0.6) is 0 Å². The van der Waals surface area contributed by atoms with Crippen molar-refractivity contribution in [3.8, 4) is 0 Å². The van der Waals surface area contributed by atoms with Crippen LogP contribution in [0.15, 0.2) is 36.7 Å². The van der Waals surface area contributed by atoms with E-state index < -0.39 is 17.0 Å². The number of halogens is 2. The van der Waals surface area contributed by atoms with Crippen LogP contribution in [0.3, 0.4) is 0 Å². The molecule has 6 heteroatoms. The number of nitrogens with one attached hydrogen (secondary N) is 1. The second-order valence-corrected chi connectivity index (χ2v) is 7.59. The first-order chi connectivity index (χ1) is 12.7. The molecule has 1 heterocycles. The second kappa shape index (κ2) is 8.72. The number of hydrogen-bond donors (Lipinski definition) is 1. The van der Waals surface area contributed by atoms with E-state index in [1.807, 2.05) is 20.8 Å². The van der Waals surface area contributed by atoms with Gasteiger partial charge in [0.25, 0.3) is 0 Å². The van der Waals surface area contributed by atoms with Gasteiger partial charge in [-0.1, -0.05) is 38.4 Å². The van der Waals surface area contributed by atoms with Crippen LogP contribution >= 0.6 is 11.6 Å². The van der Waals surface area contributed by atoms with Crippen molar-refractivity contribution in [2.75, 3.05) is 6.54 Å². The van der Waals surface area contributed by atoms with Crippen molar-refractivity contribution in [2.24, 2.45) is 5.41 Å². The highest BCUT2D eigenvalue weighted by Crippen LogP contribution is 2.30. The summed E-state index contributed by atoms with van der Waals surface area (Å²) in [5, 5.41) is 3.31. The number of ketones is 2. The first kappa shape index (κ1) is 21.2. The summed E-state index contributed by atoms with van der Waals surface area (Å²) in [4.78, 5) is 28.4. The number of benzene rings is 1. The van der Waals surface area contributed by atoms with Gasteiger partial charge in [-0.15, -0.1) is 0 Å². The predicted octanol–water partition coefficient (Wildman–Crippen LogP) is 4.76. The molecule has 0 aliphatic carbocycles. The maximum Gasteiger partial charge on any atom is 0.199 e. The van der Waals surface area contributed by atoms with Crippen LogP contribution in [0.4, 0.5) is 4.39 Å². The quantitative estimate of drug-likeness (QED) is 0.660. The Morgan fingerprint density at radius 3 is 2.56 bits per heavy atom. The minimum Gasteiger partial charge on any atom is -0.309 e. The molecule has 0 spiro atoms. The molecule has 0 amide bonds. The van der Waals surface area contributed by atoms with Crippen molar-refractivity contribution >= 4 is 23.2 Å². The number of carbonyl (C=O) groups is 2. The zero-order chi connectivity index (χ0) is 20.2. The fourth-order valence-corrected chi connectivity index (χ4v) is 2.90. The van der Waals surface area contributed by atoms with Gasteiger partial charge in [0.15, 0.2) is 5.78 Å². The van der Waals surface area contributed by atoms with E-state index in [2.05, 4.69) is 10.3 Å². The molecule has 0 saturated carbocycles. The summed E-state index contributed by atoms with van der Waals surface area (Å²) >= 11 is 6.14. The molecule has 0 saturated heterocycles. The summed E-state index contributed by atoms with van der Waals surface area (Å²) in [6.45, 7) is 7.52.